The zero-order valence-corrected chi connectivity index (χ0v) is 6.89. The van der Waals surface area contributed by atoms with Gasteiger partial charge in [-0.1, -0.05) is 31.2 Å². The average Bonchev–Trinajstić information content (AvgIpc) is 2.33. The molecule has 1 aliphatic rings. The van der Waals surface area contributed by atoms with Crippen molar-refractivity contribution in [3.63, 3.8) is 0 Å². The summed E-state index contributed by atoms with van der Waals surface area (Å²) in [5.41, 5.74) is 3.01. The summed E-state index contributed by atoms with van der Waals surface area (Å²) in [5, 5.41) is 15.5. The van der Waals surface area contributed by atoms with E-state index < -0.39 is 0 Å². The van der Waals surface area contributed by atoms with Crippen molar-refractivity contribution in [2.24, 2.45) is 5.92 Å². The van der Waals surface area contributed by atoms with Gasteiger partial charge < -0.3 is 10.8 Å². The highest BCUT2D eigenvalue weighted by molar-refractivity contribution is 6.27. The number of hydrogen-bond acceptors (Lipinski definition) is 2. The number of fused-ring (bicyclic) bond motifs is 1. The highest BCUT2D eigenvalue weighted by Gasteiger charge is 2.27. The van der Waals surface area contributed by atoms with Gasteiger partial charge in [-0.25, -0.2) is 0 Å². The Morgan fingerprint density at radius 1 is 1.00 bits per heavy atom. The monoisotopic (exact) mass is 158 g/mol. The van der Waals surface area contributed by atoms with Gasteiger partial charge in [0.25, 0.3) is 0 Å². The van der Waals surface area contributed by atoms with Crippen LogP contribution in [0.25, 0.3) is 0 Å². The first kappa shape index (κ1) is 7.22. The van der Waals surface area contributed by atoms with E-state index in [0.717, 1.165) is 11.1 Å². The Bertz CT molecular complexity index is 331. The highest BCUT2D eigenvalue weighted by atomic mass is 14.6. The molecule has 2 N–H and O–H groups in total. The predicted molar refractivity (Wildman–Crippen MR) is 49.3 cm³/mol. The van der Waals surface area contributed by atoms with Gasteiger partial charge in [0.2, 0.25) is 0 Å². The lowest BCUT2D eigenvalue weighted by molar-refractivity contribution is 1.05. The molecular weight excluding hydrogens is 148 g/mol. The third-order valence-electron chi connectivity index (χ3n) is 2.37. The molecule has 2 heteroatoms. The molecule has 1 aliphatic carbocycles. The minimum absolute atomic E-state index is 0.0256. The molecule has 12 heavy (non-hydrogen) atoms. The Labute approximate surface area is 71.3 Å². The van der Waals surface area contributed by atoms with Crippen molar-refractivity contribution in [3.8, 4) is 0 Å². The van der Waals surface area contributed by atoms with Gasteiger partial charge in [-0.2, -0.15) is 0 Å². The topological polar surface area (TPSA) is 47.7 Å². The van der Waals surface area contributed by atoms with E-state index in [1.54, 1.807) is 0 Å². The summed E-state index contributed by atoms with van der Waals surface area (Å²) in [6.45, 7) is 1.91. The maximum absolute atomic E-state index is 7.73. The first-order valence-corrected chi connectivity index (χ1v) is 3.98. The molecule has 0 heterocycles. The van der Waals surface area contributed by atoms with E-state index in [1.165, 1.54) is 0 Å². The van der Waals surface area contributed by atoms with Crippen molar-refractivity contribution in [1.82, 2.24) is 0 Å². The smallest absolute Gasteiger partial charge is 0.0480 e. The number of hydrogen-bond donors (Lipinski definition) is 2. The van der Waals surface area contributed by atoms with Gasteiger partial charge in [-0.3, -0.25) is 0 Å². The van der Waals surface area contributed by atoms with Crippen molar-refractivity contribution < 1.29 is 0 Å². The molecule has 0 aliphatic heterocycles. The van der Waals surface area contributed by atoms with E-state index in [0.29, 0.717) is 11.4 Å². The summed E-state index contributed by atoms with van der Waals surface area (Å²) in [7, 11) is 0. The van der Waals surface area contributed by atoms with Gasteiger partial charge in [0, 0.05) is 28.5 Å². The van der Waals surface area contributed by atoms with E-state index >= 15 is 0 Å². The molecule has 60 valence electrons. The van der Waals surface area contributed by atoms with Gasteiger partial charge in [0.15, 0.2) is 0 Å². The van der Waals surface area contributed by atoms with Gasteiger partial charge in [-0.05, 0) is 0 Å². The summed E-state index contributed by atoms with van der Waals surface area (Å²) < 4.78 is 0. The largest absolute Gasteiger partial charge is 0.304 e. The molecule has 0 saturated heterocycles. The van der Waals surface area contributed by atoms with Crippen LogP contribution in [0.5, 0.6) is 0 Å². The van der Waals surface area contributed by atoms with Crippen LogP contribution in [0.2, 0.25) is 0 Å². The van der Waals surface area contributed by atoms with E-state index in [4.69, 9.17) is 10.8 Å². The maximum atomic E-state index is 7.73. The Morgan fingerprint density at radius 3 is 1.83 bits per heavy atom. The fourth-order valence-corrected chi connectivity index (χ4v) is 1.56. The van der Waals surface area contributed by atoms with Crippen LogP contribution in [-0.4, -0.2) is 11.4 Å². The minimum Gasteiger partial charge on any atom is -0.304 e. The van der Waals surface area contributed by atoms with Crippen LogP contribution in [0, 0.1) is 16.7 Å². The zero-order chi connectivity index (χ0) is 8.72. The fourth-order valence-electron chi connectivity index (χ4n) is 1.56. The SMILES string of the molecule is CC1C(=N)c2ccccc2C1=N. The standard InChI is InChI=1S/C10H10N2/c1-6-9(11)7-4-2-3-5-8(7)10(6)12/h2-6,11-12H,1H3. The first-order valence-electron chi connectivity index (χ1n) is 3.98. The molecule has 0 bridgehead atoms. The predicted octanol–water partition coefficient (Wildman–Crippen LogP) is 2.07. The molecule has 0 fully saturated rings. The Hall–Kier alpha value is -1.44. The fraction of sp³-hybridized carbons (Fsp3) is 0.200. The van der Waals surface area contributed by atoms with Crippen LogP contribution in [0.3, 0.4) is 0 Å². The molecule has 2 nitrogen and oxygen atoms in total. The third kappa shape index (κ3) is 0.749. The maximum Gasteiger partial charge on any atom is 0.0480 e. The van der Waals surface area contributed by atoms with Crippen LogP contribution < -0.4 is 0 Å². The summed E-state index contributed by atoms with van der Waals surface area (Å²) in [4.78, 5) is 0. The molecule has 2 rings (SSSR count). The number of rotatable bonds is 0. The summed E-state index contributed by atoms with van der Waals surface area (Å²) >= 11 is 0. The average molecular weight is 158 g/mol. The second-order valence-electron chi connectivity index (χ2n) is 3.09. The highest BCUT2D eigenvalue weighted by Crippen LogP contribution is 2.25. The second kappa shape index (κ2) is 2.27. The van der Waals surface area contributed by atoms with Crippen LogP contribution in [0.4, 0.5) is 0 Å². The zero-order valence-electron chi connectivity index (χ0n) is 6.89. The van der Waals surface area contributed by atoms with Crippen molar-refractivity contribution >= 4 is 11.4 Å². The minimum atomic E-state index is -0.0256. The van der Waals surface area contributed by atoms with Gasteiger partial charge in [0.1, 0.15) is 0 Å². The Kier molecular flexibility index (Phi) is 1.37. The molecule has 0 amide bonds. The van der Waals surface area contributed by atoms with Crippen LogP contribution in [0.15, 0.2) is 24.3 Å². The van der Waals surface area contributed by atoms with Gasteiger partial charge in [0.05, 0.1) is 0 Å². The van der Waals surface area contributed by atoms with E-state index in [1.807, 2.05) is 31.2 Å². The number of benzene rings is 1. The van der Waals surface area contributed by atoms with Crippen molar-refractivity contribution in [2.45, 2.75) is 6.92 Å². The molecule has 0 spiro atoms. The van der Waals surface area contributed by atoms with Crippen molar-refractivity contribution in [2.75, 3.05) is 0 Å². The van der Waals surface area contributed by atoms with E-state index in [-0.39, 0.29) is 5.92 Å². The van der Waals surface area contributed by atoms with Crippen LogP contribution >= 0.6 is 0 Å². The van der Waals surface area contributed by atoms with Gasteiger partial charge >= 0.3 is 0 Å². The summed E-state index contributed by atoms with van der Waals surface area (Å²) in [6, 6.07) is 7.66. The molecule has 0 unspecified atom stereocenters. The lowest BCUT2D eigenvalue weighted by Crippen LogP contribution is -2.09. The lowest BCUT2D eigenvalue weighted by atomic mass is 10.1. The summed E-state index contributed by atoms with van der Waals surface area (Å²) in [5.74, 6) is -0.0256. The molecule has 0 saturated carbocycles. The van der Waals surface area contributed by atoms with Crippen molar-refractivity contribution in [3.05, 3.63) is 35.4 Å². The molecule has 1 aromatic rings. The first-order chi connectivity index (χ1) is 5.72. The van der Waals surface area contributed by atoms with E-state index in [2.05, 4.69) is 0 Å². The molecule has 0 radical (unpaired) electrons. The molecule has 0 atom stereocenters. The second-order valence-corrected chi connectivity index (χ2v) is 3.09. The van der Waals surface area contributed by atoms with Gasteiger partial charge in [-0.15, -0.1) is 0 Å². The Morgan fingerprint density at radius 2 is 1.42 bits per heavy atom. The van der Waals surface area contributed by atoms with Crippen LogP contribution in [0.1, 0.15) is 18.1 Å². The normalized spacial score (nSPS) is 21.2. The Balaban J connectivity index is 2.67. The van der Waals surface area contributed by atoms with E-state index in [9.17, 15) is 0 Å². The third-order valence-corrected chi connectivity index (χ3v) is 2.37. The molecule has 1 aromatic carbocycles. The quantitative estimate of drug-likeness (QED) is 0.580. The van der Waals surface area contributed by atoms with Crippen LogP contribution in [-0.2, 0) is 0 Å². The van der Waals surface area contributed by atoms with Crippen molar-refractivity contribution in [1.29, 1.82) is 10.8 Å². The number of nitrogens with one attached hydrogen (secondary N) is 2. The summed E-state index contributed by atoms with van der Waals surface area (Å²) in [6.07, 6.45) is 0. The molecular formula is C10H10N2. The lowest BCUT2D eigenvalue weighted by Gasteiger charge is -1.99. The molecule has 0 aromatic heterocycles.